The van der Waals surface area contributed by atoms with Crippen molar-refractivity contribution in [1.29, 1.82) is 0 Å². The van der Waals surface area contributed by atoms with Gasteiger partial charge in [0.15, 0.2) is 0 Å². The number of nitrogens with one attached hydrogen (secondary N) is 2. The molecule has 2 aromatic rings. The predicted molar refractivity (Wildman–Crippen MR) is 99.5 cm³/mol. The molecule has 1 saturated heterocycles. The number of halogens is 1. The molecule has 1 aliphatic heterocycles. The van der Waals surface area contributed by atoms with Gasteiger partial charge in [0.25, 0.3) is 0 Å². The van der Waals surface area contributed by atoms with Crippen molar-refractivity contribution >= 4 is 17.6 Å². The van der Waals surface area contributed by atoms with Crippen molar-refractivity contribution in [3.63, 3.8) is 0 Å². The molecule has 6 heteroatoms. The van der Waals surface area contributed by atoms with Crippen molar-refractivity contribution in [2.75, 3.05) is 13.2 Å². The van der Waals surface area contributed by atoms with Gasteiger partial charge in [0, 0.05) is 41.8 Å². The van der Waals surface area contributed by atoms with Crippen LogP contribution in [0.2, 0.25) is 5.02 Å². The summed E-state index contributed by atoms with van der Waals surface area (Å²) in [7, 11) is 0. The van der Waals surface area contributed by atoms with E-state index in [0.29, 0.717) is 18.1 Å². The fraction of sp³-hybridized carbons (Fsp3) is 0.421. The molecule has 0 spiro atoms. The zero-order valence-corrected chi connectivity index (χ0v) is 15.4. The molecule has 0 saturated carbocycles. The normalized spacial score (nSPS) is 16.8. The molecule has 2 heterocycles. The van der Waals surface area contributed by atoms with Crippen LogP contribution < -0.4 is 10.6 Å². The second kappa shape index (κ2) is 7.93. The first-order valence-electron chi connectivity index (χ1n) is 8.61. The van der Waals surface area contributed by atoms with E-state index in [4.69, 9.17) is 16.3 Å². The van der Waals surface area contributed by atoms with Gasteiger partial charge in [-0.15, -0.1) is 0 Å². The molecule has 0 aliphatic carbocycles. The maximum Gasteiger partial charge on any atom is 0.315 e. The van der Waals surface area contributed by atoms with Gasteiger partial charge in [0.05, 0.1) is 6.10 Å². The number of carbonyl (C=O) groups is 1. The highest BCUT2D eigenvalue weighted by atomic mass is 35.5. The molecular formula is C19H24ClN3O2. The first kappa shape index (κ1) is 17.8. The Labute approximate surface area is 153 Å². The molecule has 1 aliphatic rings. The highest BCUT2D eigenvalue weighted by Gasteiger charge is 2.16. The van der Waals surface area contributed by atoms with Gasteiger partial charge in [-0.05, 0) is 56.5 Å². The highest BCUT2D eigenvalue weighted by Crippen LogP contribution is 2.22. The molecule has 2 N–H and O–H groups in total. The van der Waals surface area contributed by atoms with Crippen molar-refractivity contribution in [1.82, 2.24) is 15.2 Å². The van der Waals surface area contributed by atoms with E-state index in [0.717, 1.165) is 42.1 Å². The molecule has 1 aromatic heterocycles. The third-order valence-electron chi connectivity index (χ3n) is 4.56. The smallest absolute Gasteiger partial charge is 0.315 e. The number of benzene rings is 1. The fourth-order valence-electron chi connectivity index (χ4n) is 3.27. The van der Waals surface area contributed by atoms with Gasteiger partial charge >= 0.3 is 6.03 Å². The second-order valence-corrected chi connectivity index (χ2v) is 6.85. The van der Waals surface area contributed by atoms with Crippen LogP contribution in [0, 0.1) is 13.8 Å². The lowest BCUT2D eigenvalue weighted by Crippen LogP contribution is -2.39. The number of ether oxygens (including phenoxy) is 1. The minimum absolute atomic E-state index is 0.152. The van der Waals surface area contributed by atoms with Gasteiger partial charge in [0.1, 0.15) is 0 Å². The zero-order chi connectivity index (χ0) is 17.8. The molecule has 3 rings (SSSR count). The van der Waals surface area contributed by atoms with Gasteiger partial charge in [-0.1, -0.05) is 17.7 Å². The van der Waals surface area contributed by atoms with Crippen LogP contribution in [-0.4, -0.2) is 29.9 Å². The minimum atomic E-state index is -0.164. The fourth-order valence-corrected chi connectivity index (χ4v) is 3.46. The summed E-state index contributed by atoms with van der Waals surface area (Å²) in [6.45, 7) is 5.94. The van der Waals surface area contributed by atoms with Gasteiger partial charge < -0.3 is 19.9 Å². The monoisotopic (exact) mass is 361 g/mol. The van der Waals surface area contributed by atoms with E-state index in [1.54, 1.807) is 0 Å². The minimum Gasteiger partial charge on any atom is -0.376 e. The lowest BCUT2D eigenvalue weighted by Gasteiger charge is -2.12. The van der Waals surface area contributed by atoms with E-state index < -0.39 is 0 Å². The van der Waals surface area contributed by atoms with Crippen LogP contribution >= 0.6 is 11.6 Å². The van der Waals surface area contributed by atoms with Gasteiger partial charge in [-0.2, -0.15) is 0 Å². The van der Waals surface area contributed by atoms with Gasteiger partial charge in [-0.25, -0.2) is 4.79 Å². The van der Waals surface area contributed by atoms with Gasteiger partial charge in [-0.3, -0.25) is 0 Å². The molecule has 25 heavy (non-hydrogen) atoms. The topological polar surface area (TPSA) is 55.3 Å². The number of nitrogens with zero attached hydrogens (tertiary/aromatic N) is 1. The van der Waals surface area contributed by atoms with E-state index in [-0.39, 0.29) is 12.1 Å². The largest absolute Gasteiger partial charge is 0.376 e. The summed E-state index contributed by atoms with van der Waals surface area (Å²) in [4.78, 5) is 12.0. The Morgan fingerprint density at radius 2 is 2.16 bits per heavy atom. The Morgan fingerprint density at radius 1 is 1.32 bits per heavy atom. The Kier molecular flexibility index (Phi) is 5.66. The number of rotatable bonds is 5. The number of aromatic nitrogens is 1. The lowest BCUT2D eigenvalue weighted by atomic mass is 10.2. The quantitative estimate of drug-likeness (QED) is 0.852. The number of aryl methyl sites for hydroxylation is 1. The lowest BCUT2D eigenvalue weighted by molar-refractivity contribution is 0.111. The van der Waals surface area contributed by atoms with E-state index in [1.807, 2.05) is 24.3 Å². The third kappa shape index (κ3) is 4.35. The zero-order valence-electron chi connectivity index (χ0n) is 14.6. The molecule has 5 nitrogen and oxygen atoms in total. The molecule has 0 bridgehead atoms. The average molecular weight is 362 g/mol. The van der Waals surface area contributed by atoms with Crippen LogP contribution in [0.3, 0.4) is 0 Å². The van der Waals surface area contributed by atoms with Crippen molar-refractivity contribution in [3.05, 3.63) is 52.3 Å². The Balaban J connectivity index is 1.61. The molecule has 0 unspecified atom stereocenters. The van der Waals surface area contributed by atoms with E-state index in [2.05, 4.69) is 35.1 Å². The van der Waals surface area contributed by atoms with Crippen LogP contribution in [0.5, 0.6) is 0 Å². The van der Waals surface area contributed by atoms with Crippen molar-refractivity contribution < 1.29 is 9.53 Å². The summed E-state index contributed by atoms with van der Waals surface area (Å²) in [5.74, 6) is 0. The van der Waals surface area contributed by atoms with Crippen LogP contribution in [0.1, 0.15) is 29.8 Å². The number of hydrogen-bond acceptors (Lipinski definition) is 2. The van der Waals surface area contributed by atoms with Crippen molar-refractivity contribution in [2.24, 2.45) is 0 Å². The first-order valence-corrected chi connectivity index (χ1v) is 8.99. The van der Waals surface area contributed by atoms with Crippen LogP contribution in [-0.2, 0) is 11.3 Å². The molecule has 2 amide bonds. The molecule has 1 atom stereocenters. The maximum absolute atomic E-state index is 12.0. The summed E-state index contributed by atoms with van der Waals surface area (Å²) in [5, 5.41) is 6.50. The maximum atomic E-state index is 12.0. The molecule has 134 valence electrons. The van der Waals surface area contributed by atoms with Crippen LogP contribution in [0.25, 0.3) is 5.69 Å². The number of urea groups is 1. The SMILES string of the molecule is Cc1cc(CNC(=O)NC[C@H]2CCCO2)c(C)n1-c1cccc(Cl)c1. The molecule has 1 fully saturated rings. The summed E-state index contributed by atoms with van der Waals surface area (Å²) in [5.41, 5.74) is 4.32. The first-order chi connectivity index (χ1) is 12.0. The summed E-state index contributed by atoms with van der Waals surface area (Å²) < 4.78 is 7.65. The Morgan fingerprint density at radius 3 is 2.88 bits per heavy atom. The average Bonchev–Trinajstić information content (AvgIpc) is 3.19. The summed E-state index contributed by atoms with van der Waals surface area (Å²) >= 11 is 6.11. The van der Waals surface area contributed by atoms with Crippen LogP contribution in [0.15, 0.2) is 30.3 Å². The van der Waals surface area contributed by atoms with Gasteiger partial charge in [0.2, 0.25) is 0 Å². The third-order valence-corrected chi connectivity index (χ3v) is 4.79. The molecule has 1 aromatic carbocycles. The van der Waals surface area contributed by atoms with Crippen molar-refractivity contribution in [3.8, 4) is 5.69 Å². The summed E-state index contributed by atoms with van der Waals surface area (Å²) in [6, 6.07) is 9.69. The number of amides is 2. The van der Waals surface area contributed by atoms with Crippen LogP contribution in [0.4, 0.5) is 4.79 Å². The number of carbonyl (C=O) groups excluding carboxylic acids is 1. The Hall–Kier alpha value is -1.98. The van der Waals surface area contributed by atoms with E-state index in [9.17, 15) is 4.79 Å². The summed E-state index contributed by atoms with van der Waals surface area (Å²) in [6.07, 6.45) is 2.24. The highest BCUT2D eigenvalue weighted by molar-refractivity contribution is 6.30. The number of hydrogen-bond donors (Lipinski definition) is 2. The Bertz CT molecular complexity index is 751. The standard InChI is InChI=1S/C19H24ClN3O2/c1-13-9-15(11-21-19(24)22-12-18-7-4-8-25-18)14(2)23(13)17-6-3-5-16(20)10-17/h3,5-6,9-10,18H,4,7-8,11-12H2,1-2H3,(H2,21,22,24)/t18-/m1/s1. The molecule has 0 radical (unpaired) electrons. The van der Waals surface area contributed by atoms with E-state index in [1.165, 1.54) is 0 Å². The second-order valence-electron chi connectivity index (χ2n) is 6.41. The predicted octanol–water partition coefficient (Wildman–Crippen LogP) is 3.73. The molecular weight excluding hydrogens is 338 g/mol. The van der Waals surface area contributed by atoms with E-state index >= 15 is 0 Å². The van der Waals surface area contributed by atoms with Crippen molar-refractivity contribution in [2.45, 2.75) is 39.3 Å².